The summed E-state index contributed by atoms with van der Waals surface area (Å²) in [5, 5.41) is 11.6. The molecule has 0 spiro atoms. The summed E-state index contributed by atoms with van der Waals surface area (Å²) in [6.45, 7) is 6.02. The van der Waals surface area contributed by atoms with Gasteiger partial charge in [0.2, 0.25) is 6.79 Å². The Morgan fingerprint density at radius 1 is 1.13 bits per heavy atom. The highest BCUT2D eigenvalue weighted by molar-refractivity contribution is 14.0. The van der Waals surface area contributed by atoms with E-state index in [2.05, 4.69) is 52.8 Å². The molecule has 2 heterocycles. The average molecular weight is 539 g/mol. The number of nitrogens with one attached hydrogen (secondary N) is 2. The Balaban J connectivity index is 0.00000272. The lowest BCUT2D eigenvalue weighted by Gasteiger charge is -2.38. The van der Waals surface area contributed by atoms with Gasteiger partial charge >= 0.3 is 0 Å². The zero-order valence-electron chi connectivity index (χ0n) is 19.0. The Hall–Kier alpha value is -1.97. The number of rotatable bonds is 5. The van der Waals surface area contributed by atoms with Crippen molar-refractivity contribution in [2.24, 2.45) is 12.0 Å². The van der Waals surface area contributed by atoms with Crippen molar-refractivity contribution in [3.05, 3.63) is 40.7 Å². The third-order valence-electron chi connectivity index (χ3n) is 6.70. The molecular formula is C23H34IN5O2. The second-order valence-corrected chi connectivity index (χ2v) is 8.46. The van der Waals surface area contributed by atoms with E-state index in [0.29, 0.717) is 13.3 Å². The summed E-state index contributed by atoms with van der Waals surface area (Å²) in [5.41, 5.74) is 4.87. The number of aryl methyl sites for hydroxylation is 2. The number of aromatic nitrogens is 2. The normalized spacial score (nSPS) is 17.2. The van der Waals surface area contributed by atoms with Gasteiger partial charge in [0.1, 0.15) is 0 Å². The lowest BCUT2D eigenvalue weighted by molar-refractivity contribution is 0.174. The predicted molar refractivity (Wildman–Crippen MR) is 134 cm³/mol. The SMILES string of the molecule is CN=C(NCc1c(C)nn(C)c1C)NCC1(c2ccc3c(c2)OCO3)CCCCC1.I. The molecular weight excluding hydrogens is 505 g/mol. The third-order valence-corrected chi connectivity index (χ3v) is 6.70. The molecule has 2 N–H and O–H groups in total. The fraction of sp³-hybridized carbons (Fsp3) is 0.565. The molecule has 4 rings (SSSR count). The minimum Gasteiger partial charge on any atom is -0.454 e. The maximum Gasteiger partial charge on any atom is 0.231 e. The van der Waals surface area contributed by atoms with E-state index in [1.807, 2.05) is 18.8 Å². The molecule has 1 aromatic carbocycles. The van der Waals surface area contributed by atoms with Gasteiger partial charge in [-0.1, -0.05) is 25.3 Å². The van der Waals surface area contributed by atoms with E-state index in [-0.39, 0.29) is 29.4 Å². The fourth-order valence-electron chi connectivity index (χ4n) is 4.74. The number of halogens is 1. The second kappa shape index (κ2) is 10.1. The number of fused-ring (bicyclic) bond motifs is 1. The summed E-state index contributed by atoms with van der Waals surface area (Å²) < 4.78 is 13.1. The summed E-state index contributed by atoms with van der Waals surface area (Å²) in [6.07, 6.45) is 6.13. The molecule has 1 aliphatic heterocycles. The van der Waals surface area contributed by atoms with Gasteiger partial charge in [0.05, 0.1) is 5.69 Å². The van der Waals surface area contributed by atoms with Crippen LogP contribution in [0.5, 0.6) is 11.5 Å². The molecule has 0 amide bonds. The summed E-state index contributed by atoms with van der Waals surface area (Å²) in [6, 6.07) is 6.43. The van der Waals surface area contributed by atoms with E-state index in [0.717, 1.165) is 42.5 Å². The van der Waals surface area contributed by atoms with Gasteiger partial charge in [0.25, 0.3) is 0 Å². The molecule has 1 saturated carbocycles. The summed E-state index contributed by atoms with van der Waals surface area (Å²) in [7, 11) is 3.81. The fourth-order valence-corrected chi connectivity index (χ4v) is 4.74. The Morgan fingerprint density at radius 2 is 1.87 bits per heavy atom. The zero-order valence-corrected chi connectivity index (χ0v) is 21.3. The van der Waals surface area contributed by atoms with Gasteiger partial charge in [-0.2, -0.15) is 5.10 Å². The minimum absolute atomic E-state index is 0. The van der Waals surface area contributed by atoms with Crippen LogP contribution >= 0.6 is 24.0 Å². The van der Waals surface area contributed by atoms with Crippen LogP contribution < -0.4 is 20.1 Å². The van der Waals surface area contributed by atoms with E-state index in [4.69, 9.17) is 9.47 Å². The first-order chi connectivity index (χ1) is 14.5. The summed E-state index contributed by atoms with van der Waals surface area (Å²) in [4.78, 5) is 4.46. The van der Waals surface area contributed by atoms with E-state index < -0.39 is 0 Å². The van der Waals surface area contributed by atoms with Crippen LogP contribution in [-0.4, -0.2) is 36.1 Å². The van der Waals surface area contributed by atoms with Crippen LogP contribution in [0, 0.1) is 13.8 Å². The highest BCUT2D eigenvalue weighted by Gasteiger charge is 2.35. The number of guanidine groups is 1. The first kappa shape index (κ1) is 23.7. The predicted octanol–water partition coefficient (Wildman–Crippen LogP) is 3.95. The number of aliphatic imine (C=N–C) groups is 1. The standard InChI is InChI=1S/C23H33N5O2.HI/c1-16-19(17(2)28(4)27-16)13-25-22(24-3)26-14-23(10-6-5-7-11-23)18-8-9-20-21(12-18)30-15-29-20;/h8-9,12H,5-7,10-11,13-15H2,1-4H3,(H2,24,25,26);1H. The highest BCUT2D eigenvalue weighted by Crippen LogP contribution is 2.43. The average Bonchev–Trinajstić information content (AvgIpc) is 3.33. The number of hydrogen-bond acceptors (Lipinski definition) is 4. The van der Waals surface area contributed by atoms with Crippen molar-refractivity contribution in [3.63, 3.8) is 0 Å². The Morgan fingerprint density at radius 3 is 2.55 bits per heavy atom. The number of nitrogens with zero attached hydrogens (tertiary/aromatic N) is 3. The number of hydrogen-bond donors (Lipinski definition) is 2. The van der Waals surface area contributed by atoms with Gasteiger partial charge in [0, 0.05) is 43.9 Å². The van der Waals surface area contributed by atoms with Crippen molar-refractivity contribution in [1.82, 2.24) is 20.4 Å². The Kier molecular flexibility index (Phi) is 7.72. The monoisotopic (exact) mass is 539 g/mol. The molecule has 0 radical (unpaired) electrons. The molecule has 2 aliphatic rings. The van der Waals surface area contributed by atoms with Crippen LogP contribution in [0.2, 0.25) is 0 Å². The summed E-state index contributed by atoms with van der Waals surface area (Å²) >= 11 is 0. The van der Waals surface area contributed by atoms with E-state index >= 15 is 0 Å². The molecule has 31 heavy (non-hydrogen) atoms. The van der Waals surface area contributed by atoms with Crippen LogP contribution in [0.4, 0.5) is 0 Å². The van der Waals surface area contributed by atoms with Crippen LogP contribution in [0.25, 0.3) is 0 Å². The van der Waals surface area contributed by atoms with Crippen molar-refractivity contribution in [3.8, 4) is 11.5 Å². The lowest BCUT2D eigenvalue weighted by atomic mass is 9.69. The summed E-state index contributed by atoms with van der Waals surface area (Å²) in [5.74, 6) is 2.53. The van der Waals surface area contributed by atoms with E-state index in [1.54, 1.807) is 0 Å². The van der Waals surface area contributed by atoms with Gasteiger partial charge in [-0.05, 0) is 44.4 Å². The Bertz CT molecular complexity index is 934. The van der Waals surface area contributed by atoms with E-state index in [1.165, 1.54) is 36.1 Å². The van der Waals surface area contributed by atoms with Crippen molar-refractivity contribution in [2.75, 3.05) is 20.4 Å². The van der Waals surface area contributed by atoms with Crippen LogP contribution in [0.3, 0.4) is 0 Å². The molecule has 0 saturated heterocycles. The molecule has 1 aliphatic carbocycles. The van der Waals surface area contributed by atoms with Gasteiger partial charge in [-0.15, -0.1) is 24.0 Å². The maximum atomic E-state index is 5.65. The second-order valence-electron chi connectivity index (χ2n) is 8.46. The largest absolute Gasteiger partial charge is 0.454 e. The van der Waals surface area contributed by atoms with Crippen LogP contribution in [-0.2, 0) is 19.0 Å². The van der Waals surface area contributed by atoms with Crippen LogP contribution in [0.1, 0.15) is 54.6 Å². The molecule has 8 heteroatoms. The Labute approximate surface area is 202 Å². The van der Waals surface area contributed by atoms with Crippen molar-refractivity contribution in [2.45, 2.75) is 57.9 Å². The first-order valence-corrected chi connectivity index (χ1v) is 10.9. The van der Waals surface area contributed by atoms with E-state index in [9.17, 15) is 0 Å². The topological polar surface area (TPSA) is 72.7 Å². The first-order valence-electron chi connectivity index (χ1n) is 10.9. The van der Waals surface area contributed by atoms with Gasteiger partial charge in [-0.3, -0.25) is 9.67 Å². The van der Waals surface area contributed by atoms with Crippen molar-refractivity contribution >= 4 is 29.9 Å². The molecule has 1 fully saturated rings. The van der Waals surface area contributed by atoms with Gasteiger partial charge in [-0.25, -0.2) is 0 Å². The third kappa shape index (κ3) is 4.94. The van der Waals surface area contributed by atoms with Crippen molar-refractivity contribution < 1.29 is 9.47 Å². The quantitative estimate of drug-likeness (QED) is 0.342. The molecule has 1 aromatic heterocycles. The molecule has 170 valence electrons. The molecule has 0 atom stereocenters. The van der Waals surface area contributed by atoms with Gasteiger partial charge in [0.15, 0.2) is 17.5 Å². The smallest absolute Gasteiger partial charge is 0.231 e. The number of benzene rings is 1. The van der Waals surface area contributed by atoms with Crippen molar-refractivity contribution in [1.29, 1.82) is 0 Å². The number of ether oxygens (including phenoxy) is 2. The van der Waals surface area contributed by atoms with Crippen LogP contribution in [0.15, 0.2) is 23.2 Å². The highest BCUT2D eigenvalue weighted by atomic mass is 127. The molecule has 0 unspecified atom stereocenters. The lowest BCUT2D eigenvalue weighted by Crippen LogP contribution is -2.46. The molecule has 7 nitrogen and oxygen atoms in total. The molecule has 0 bridgehead atoms. The van der Waals surface area contributed by atoms with Gasteiger partial charge < -0.3 is 20.1 Å². The zero-order chi connectivity index (χ0) is 21.1. The molecule has 2 aromatic rings. The maximum absolute atomic E-state index is 5.65. The minimum atomic E-state index is 0.